The summed E-state index contributed by atoms with van der Waals surface area (Å²) < 4.78 is 18.7. The van der Waals surface area contributed by atoms with E-state index in [0.717, 1.165) is 11.1 Å². The van der Waals surface area contributed by atoms with Gasteiger partial charge in [-0.2, -0.15) is 0 Å². The fourth-order valence-corrected chi connectivity index (χ4v) is 2.83. The summed E-state index contributed by atoms with van der Waals surface area (Å²) in [4.78, 5) is 24.1. The predicted octanol–water partition coefficient (Wildman–Crippen LogP) is 5.11. The quantitative estimate of drug-likeness (QED) is 0.439. The molecule has 0 radical (unpaired) electrons. The van der Waals surface area contributed by atoms with Gasteiger partial charge in [0.05, 0.1) is 6.42 Å². The van der Waals surface area contributed by atoms with Crippen LogP contribution in [-0.4, -0.2) is 18.4 Å². The Balaban J connectivity index is 1.58. The molecule has 3 nitrogen and oxygen atoms in total. The summed E-state index contributed by atoms with van der Waals surface area (Å²) in [5, 5.41) is 0.148. The number of halogens is 2. The molecular formula is C22H16ClFO3. The Labute approximate surface area is 161 Å². The Kier molecular flexibility index (Phi) is 5.99. The van der Waals surface area contributed by atoms with Crippen molar-refractivity contribution in [3.63, 3.8) is 0 Å². The van der Waals surface area contributed by atoms with Crippen molar-refractivity contribution in [2.45, 2.75) is 6.42 Å². The highest BCUT2D eigenvalue weighted by molar-refractivity contribution is 6.31. The molecule has 3 aromatic rings. The van der Waals surface area contributed by atoms with Crippen LogP contribution >= 0.6 is 11.6 Å². The first kappa shape index (κ1) is 18.8. The first-order chi connectivity index (χ1) is 13.0. The second-order valence-corrected chi connectivity index (χ2v) is 6.31. The van der Waals surface area contributed by atoms with Gasteiger partial charge in [0.15, 0.2) is 12.4 Å². The third kappa shape index (κ3) is 4.80. The van der Waals surface area contributed by atoms with Gasteiger partial charge >= 0.3 is 5.97 Å². The Morgan fingerprint density at radius 1 is 0.852 bits per heavy atom. The van der Waals surface area contributed by atoms with Crippen LogP contribution in [0.5, 0.6) is 0 Å². The Bertz CT molecular complexity index is 933. The normalized spacial score (nSPS) is 10.4. The summed E-state index contributed by atoms with van der Waals surface area (Å²) in [6, 6.07) is 21.0. The lowest BCUT2D eigenvalue weighted by Crippen LogP contribution is -2.16. The zero-order valence-corrected chi connectivity index (χ0v) is 15.1. The fraction of sp³-hybridized carbons (Fsp3) is 0.0909. The van der Waals surface area contributed by atoms with E-state index in [0.29, 0.717) is 5.56 Å². The molecule has 0 aliphatic rings. The maximum Gasteiger partial charge on any atom is 0.310 e. The number of hydrogen-bond acceptors (Lipinski definition) is 3. The average Bonchev–Trinajstić information content (AvgIpc) is 2.70. The van der Waals surface area contributed by atoms with Crippen molar-refractivity contribution in [2.24, 2.45) is 0 Å². The number of carbonyl (C=O) groups is 2. The van der Waals surface area contributed by atoms with Crippen LogP contribution < -0.4 is 0 Å². The minimum atomic E-state index is -0.712. The molecule has 3 aromatic carbocycles. The summed E-state index contributed by atoms with van der Waals surface area (Å²) in [5.74, 6) is -1.62. The van der Waals surface area contributed by atoms with E-state index >= 15 is 0 Å². The molecule has 0 aliphatic heterocycles. The minimum absolute atomic E-state index is 0.0591. The molecule has 0 amide bonds. The van der Waals surface area contributed by atoms with E-state index in [1.807, 2.05) is 42.5 Å². The smallest absolute Gasteiger partial charge is 0.310 e. The highest BCUT2D eigenvalue weighted by Crippen LogP contribution is 2.21. The second kappa shape index (κ2) is 8.60. The van der Waals surface area contributed by atoms with E-state index < -0.39 is 18.4 Å². The Morgan fingerprint density at radius 2 is 1.52 bits per heavy atom. The molecule has 0 unspecified atom stereocenters. The molecule has 0 spiro atoms. The zero-order chi connectivity index (χ0) is 19.2. The highest BCUT2D eigenvalue weighted by Gasteiger charge is 2.15. The number of esters is 1. The van der Waals surface area contributed by atoms with Crippen molar-refractivity contribution in [3.05, 3.63) is 94.8 Å². The topological polar surface area (TPSA) is 43.4 Å². The standard InChI is InChI=1S/C22H16ClFO3/c23-19-7-4-8-20(24)18(19)13-22(26)27-14-21(25)17-11-9-16(10-12-17)15-5-2-1-3-6-15/h1-12H,13-14H2. The van der Waals surface area contributed by atoms with Crippen molar-refractivity contribution in [1.82, 2.24) is 0 Å². The van der Waals surface area contributed by atoms with Gasteiger partial charge in [-0.3, -0.25) is 9.59 Å². The molecule has 0 heterocycles. The van der Waals surface area contributed by atoms with Crippen molar-refractivity contribution in [2.75, 3.05) is 6.61 Å². The SMILES string of the molecule is O=C(Cc1c(F)cccc1Cl)OCC(=O)c1ccc(-c2ccccc2)cc1. The molecule has 0 aliphatic carbocycles. The van der Waals surface area contributed by atoms with E-state index in [-0.39, 0.29) is 22.8 Å². The van der Waals surface area contributed by atoms with Crippen LogP contribution in [0.3, 0.4) is 0 Å². The number of rotatable bonds is 6. The van der Waals surface area contributed by atoms with Gasteiger partial charge in [-0.25, -0.2) is 4.39 Å². The van der Waals surface area contributed by atoms with Gasteiger partial charge in [0.1, 0.15) is 5.82 Å². The molecule has 0 saturated heterocycles. The van der Waals surface area contributed by atoms with Crippen LogP contribution in [0.1, 0.15) is 15.9 Å². The van der Waals surface area contributed by atoms with E-state index in [1.54, 1.807) is 12.1 Å². The number of ether oxygens (including phenoxy) is 1. The lowest BCUT2D eigenvalue weighted by atomic mass is 10.0. The van der Waals surface area contributed by atoms with E-state index in [2.05, 4.69) is 0 Å². The molecule has 0 saturated carbocycles. The molecular weight excluding hydrogens is 367 g/mol. The third-order valence-electron chi connectivity index (χ3n) is 4.06. The number of benzene rings is 3. The molecule has 0 bridgehead atoms. The van der Waals surface area contributed by atoms with Crippen LogP contribution in [-0.2, 0) is 16.0 Å². The van der Waals surface area contributed by atoms with Crippen molar-refractivity contribution < 1.29 is 18.7 Å². The van der Waals surface area contributed by atoms with Gasteiger partial charge < -0.3 is 4.74 Å². The summed E-state index contributed by atoms with van der Waals surface area (Å²) in [6.45, 7) is -0.407. The van der Waals surface area contributed by atoms with Gasteiger partial charge in [-0.15, -0.1) is 0 Å². The van der Waals surface area contributed by atoms with E-state index in [1.165, 1.54) is 18.2 Å². The minimum Gasteiger partial charge on any atom is -0.457 e. The maximum atomic E-state index is 13.7. The average molecular weight is 383 g/mol. The van der Waals surface area contributed by atoms with Crippen molar-refractivity contribution in [3.8, 4) is 11.1 Å². The lowest BCUT2D eigenvalue weighted by molar-refractivity contribution is -0.141. The van der Waals surface area contributed by atoms with Crippen molar-refractivity contribution in [1.29, 1.82) is 0 Å². The van der Waals surface area contributed by atoms with Gasteiger partial charge in [0.25, 0.3) is 0 Å². The molecule has 0 atom stereocenters. The van der Waals surface area contributed by atoms with Crippen molar-refractivity contribution >= 4 is 23.4 Å². The number of Topliss-reactive ketones (excluding diaryl/α,β-unsaturated/α-hetero) is 1. The number of ketones is 1. The largest absolute Gasteiger partial charge is 0.457 e. The highest BCUT2D eigenvalue weighted by atomic mass is 35.5. The monoisotopic (exact) mass is 382 g/mol. The van der Waals surface area contributed by atoms with Gasteiger partial charge in [-0.1, -0.05) is 72.3 Å². The maximum absolute atomic E-state index is 13.7. The first-order valence-electron chi connectivity index (χ1n) is 8.32. The van der Waals surface area contributed by atoms with Crippen LogP contribution in [0.15, 0.2) is 72.8 Å². The van der Waals surface area contributed by atoms with E-state index in [9.17, 15) is 14.0 Å². The zero-order valence-electron chi connectivity index (χ0n) is 14.3. The first-order valence-corrected chi connectivity index (χ1v) is 8.69. The van der Waals surface area contributed by atoms with Gasteiger partial charge in [-0.05, 0) is 23.3 Å². The Hall–Kier alpha value is -2.98. The molecule has 0 aromatic heterocycles. The molecule has 0 fully saturated rings. The summed E-state index contributed by atoms with van der Waals surface area (Å²) >= 11 is 5.88. The second-order valence-electron chi connectivity index (χ2n) is 5.90. The Morgan fingerprint density at radius 3 is 2.19 bits per heavy atom. The van der Waals surface area contributed by atoms with E-state index in [4.69, 9.17) is 16.3 Å². The molecule has 0 N–H and O–H groups in total. The molecule has 27 heavy (non-hydrogen) atoms. The third-order valence-corrected chi connectivity index (χ3v) is 4.42. The van der Waals surface area contributed by atoms with Crippen LogP contribution in [0.2, 0.25) is 5.02 Å². The van der Waals surface area contributed by atoms with Crippen LogP contribution in [0.4, 0.5) is 4.39 Å². The lowest BCUT2D eigenvalue weighted by Gasteiger charge is -2.07. The van der Waals surface area contributed by atoms with Crippen LogP contribution in [0, 0.1) is 5.82 Å². The van der Waals surface area contributed by atoms with Crippen LogP contribution in [0.25, 0.3) is 11.1 Å². The molecule has 136 valence electrons. The predicted molar refractivity (Wildman–Crippen MR) is 102 cm³/mol. The van der Waals surface area contributed by atoms with Gasteiger partial charge in [0, 0.05) is 16.1 Å². The molecule has 3 rings (SSSR count). The fourth-order valence-electron chi connectivity index (χ4n) is 2.61. The summed E-state index contributed by atoms with van der Waals surface area (Å²) in [7, 11) is 0. The molecule has 5 heteroatoms. The number of carbonyl (C=O) groups excluding carboxylic acids is 2. The van der Waals surface area contributed by atoms with Gasteiger partial charge in [0.2, 0.25) is 0 Å². The number of hydrogen-bond donors (Lipinski definition) is 0. The summed E-state index contributed by atoms with van der Waals surface area (Å²) in [5.41, 5.74) is 2.53. The summed E-state index contributed by atoms with van der Waals surface area (Å²) in [6.07, 6.45) is -0.328.